The zero-order chi connectivity index (χ0) is 17.5. The fraction of sp³-hybridized carbons (Fsp3) is 0.500. The standard InChI is InChI=1S/C18H24N2O4/c1-12(24-17(22)11-14-5-3-4-6-14)18(23)20-16-9-7-15(8-10-16)19-13(2)21/h7-10,12,14H,3-6,11H2,1-2H3,(H,19,21)(H,20,23)/t12-/m1/s1. The van der Waals surface area contributed by atoms with Crippen molar-refractivity contribution >= 4 is 29.2 Å². The summed E-state index contributed by atoms with van der Waals surface area (Å²) in [5.74, 6) is -0.448. The number of carbonyl (C=O) groups excluding carboxylic acids is 3. The summed E-state index contributed by atoms with van der Waals surface area (Å²) in [6, 6.07) is 6.73. The van der Waals surface area contributed by atoms with Crippen LogP contribution in [0.25, 0.3) is 0 Å². The minimum absolute atomic E-state index is 0.158. The molecule has 2 N–H and O–H groups in total. The second-order valence-electron chi connectivity index (χ2n) is 6.23. The Morgan fingerprint density at radius 1 is 1.08 bits per heavy atom. The third-order valence-electron chi connectivity index (χ3n) is 4.08. The van der Waals surface area contributed by atoms with Gasteiger partial charge in [-0.25, -0.2) is 0 Å². The lowest BCUT2D eigenvalue weighted by Crippen LogP contribution is -2.30. The second kappa shape index (κ2) is 8.47. The highest BCUT2D eigenvalue weighted by molar-refractivity contribution is 5.95. The molecule has 0 radical (unpaired) electrons. The van der Waals surface area contributed by atoms with Gasteiger partial charge in [0.2, 0.25) is 5.91 Å². The summed E-state index contributed by atoms with van der Waals surface area (Å²) in [6.45, 7) is 2.99. The lowest BCUT2D eigenvalue weighted by atomic mass is 10.0. The third-order valence-corrected chi connectivity index (χ3v) is 4.08. The zero-order valence-electron chi connectivity index (χ0n) is 14.1. The molecule has 0 heterocycles. The molecule has 1 aromatic carbocycles. The average Bonchev–Trinajstić information content (AvgIpc) is 3.01. The second-order valence-corrected chi connectivity index (χ2v) is 6.23. The molecule has 1 saturated carbocycles. The Balaban J connectivity index is 1.79. The van der Waals surface area contributed by atoms with Crippen LogP contribution >= 0.6 is 0 Å². The van der Waals surface area contributed by atoms with Gasteiger partial charge in [-0.3, -0.25) is 14.4 Å². The Morgan fingerprint density at radius 2 is 1.62 bits per heavy atom. The number of hydrogen-bond donors (Lipinski definition) is 2. The van der Waals surface area contributed by atoms with Crippen LogP contribution in [-0.4, -0.2) is 23.9 Å². The molecule has 2 rings (SSSR count). The van der Waals surface area contributed by atoms with E-state index in [1.807, 2.05) is 0 Å². The van der Waals surface area contributed by atoms with Gasteiger partial charge in [0, 0.05) is 24.7 Å². The SMILES string of the molecule is CC(=O)Nc1ccc(NC(=O)[C@@H](C)OC(=O)CC2CCCC2)cc1. The average molecular weight is 332 g/mol. The van der Waals surface area contributed by atoms with E-state index in [-0.39, 0.29) is 17.8 Å². The summed E-state index contributed by atoms with van der Waals surface area (Å²) in [7, 11) is 0. The van der Waals surface area contributed by atoms with E-state index in [0.717, 1.165) is 12.8 Å². The van der Waals surface area contributed by atoms with E-state index in [0.29, 0.717) is 23.7 Å². The normalized spacial score (nSPS) is 15.6. The van der Waals surface area contributed by atoms with Crippen molar-refractivity contribution in [3.63, 3.8) is 0 Å². The van der Waals surface area contributed by atoms with E-state index in [1.54, 1.807) is 31.2 Å². The molecule has 0 aromatic heterocycles. The molecule has 0 saturated heterocycles. The smallest absolute Gasteiger partial charge is 0.306 e. The molecular weight excluding hydrogens is 308 g/mol. The highest BCUT2D eigenvalue weighted by atomic mass is 16.5. The third kappa shape index (κ3) is 5.68. The molecule has 0 unspecified atom stereocenters. The van der Waals surface area contributed by atoms with Crippen molar-refractivity contribution in [3.05, 3.63) is 24.3 Å². The van der Waals surface area contributed by atoms with Crippen LogP contribution in [0, 0.1) is 5.92 Å². The van der Waals surface area contributed by atoms with E-state index in [1.165, 1.54) is 19.8 Å². The van der Waals surface area contributed by atoms with Gasteiger partial charge < -0.3 is 15.4 Å². The fourth-order valence-corrected chi connectivity index (χ4v) is 2.83. The van der Waals surface area contributed by atoms with Gasteiger partial charge in [0.15, 0.2) is 6.10 Å². The fourth-order valence-electron chi connectivity index (χ4n) is 2.83. The van der Waals surface area contributed by atoms with E-state index in [4.69, 9.17) is 4.74 Å². The quantitative estimate of drug-likeness (QED) is 0.784. The lowest BCUT2D eigenvalue weighted by Gasteiger charge is -2.15. The Morgan fingerprint density at radius 3 is 2.17 bits per heavy atom. The van der Waals surface area contributed by atoms with Crippen molar-refractivity contribution in [1.82, 2.24) is 0 Å². The van der Waals surface area contributed by atoms with Crippen molar-refractivity contribution in [2.45, 2.75) is 52.1 Å². The maximum absolute atomic E-state index is 12.1. The van der Waals surface area contributed by atoms with Crippen molar-refractivity contribution in [3.8, 4) is 0 Å². The highest BCUT2D eigenvalue weighted by Gasteiger charge is 2.23. The molecule has 1 fully saturated rings. The predicted octanol–water partition coefficient (Wildman–Crippen LogP) is 3.10. The largest absolute Gasteiger partial charge is 0.453 e. The number of benzene rings is 1. The highest BCUT2D eigenvalue weighted by Crippen LogP contribution is 2.27. The number of anilines is 2. The van der Waals surface area contributed by atoms with Gasteiger partial charge >= 0.3 is 5.97 Å². The van der Waals surface area contributed by atoms with E-state index < -0.39 is 6.10 Å². The Hall–Kier alpha value is -2.37. The maximum Gasteiger partial charge on any atom is 0.306 e. The number of hydrogen-bond acceptors (Lipinski definition) is 4. The van der Waals surface area contributed by atoms with Crippen molar-refractivity contribution in [1.29, 1.82) is 0 Å². The van der Waals surface area contributed by atoms with Crippen LogP contribution in [0.3, 0.4) is 0 Å². The van der Waals surface area contributed by atoms with Gasteiger partial charge in [-0.15, -0.1) is 0 Å². The summed E-state index contributed by atoms with van der Waals surface area (Å²) in [4.78, 5) is 34.9. The monoisotopic (exact) mass is 332 g/mol. The van der Waals surface area contributed by atoms with Crippen LogP contribution in [0.4, 0.5) is 11.4 Å². The summed E-state index contributed by atoms with van der Waals surface area (Å²) >= 11 is 0. The molecule has 0 spiro atoms. The molecule has 1 aromatic rings. The molecule has 1 atom stereocenters. The minimum Gasteiger partial charge on any atom is -0.453 e. The van der Waals surface area contributed by atoms with Crippen LogP contribution in [0.15, 0.2) is 24.3 Å². The van der Waals surface area contributed by atoms with Gasteiger partial charge in [0.25, 0.3) is 5.91 Å². The van der Waals surface area contributed by atoms with Crippen LogP contribution in [0.5, 0.6) is 0 Å². The first kappa shape index (κ1) is 18.0. The van der Waals surface area contributed by atoms with E-state index in [9.17, 15) is 14.4 Å². The number of ether oxygens (including phenoxy) is 1. The van der Waals surface area contributed by atoms with Crippen molar-refractivity contribution < 1.29 is 19.1 Å². The number of esters is 1. The van der Waals surface area contributed by atoms with Gasteiger partial charge in [0.1, 0.15) is 0 Å². The topological polar surface area (TPSA) is 84.5 Å². The number of carbonyl (C=O) groups is 3. The van der Waals surface area contributed by atoms with Crippen molar-refractivity contribution in [2.75, 3.05) is 10.6 Å². The molecule has 1 aliphatic rings. The van der Waals surface area contributed by atoms with Gasteiger partial charge in [-0.2, -0.15) is 0 Å². The first-order valence-electron chi connectivity index (χ1n) is 8.32. The van der Waals surface area contributed by atoms with Gasteiger partial charge in [-0.1, -0.05) is 12.8 Å². The number of rotatable bonds is 6. The first-order chi connectivity index (χ1) is 11.4. The van der Waals surface area contributed by atoms with Gasteiger partial charge in [-0.05, 0) is 49.9 Å². The molecule has 0 aliphatic heterocycles. The van der Waals surface area contributed by atoms with Crippen LogP contribution in [0.2, 0.25) is 0 Å². The lowest BCUT2D eigenvalue weighted by molar-refractivity contribution is -0.154. The maximum atomic E-state index is 12.1. The first-order valence-corrected chi connectivity index (χ1v) is 8.32. The molecule has 130 valence electrons. The molecule has 24 heavy (non-hydrogen) atoms. The van der Waals surface area contributed by atoms with Crippen LogP contribution in [0.1, 0.15) is 46.0 Å². The summed E-state index contributed by atoms with van der Waals surface area (Å²) in [5.41, 5.74) is 1.23. The Labute approximate surface area is 142 Å². The van der Waals surface area contributed by atoms with Crippen molar-refractivity contribution in [2.24, 2.45) is 5.92 Å². The van der Waals surface area contributed by atoms with E-state index in [2.05, 4.69) is 10.6 Å². The zero-order valence-corrected chi connectivity index (χ0v) is 14.1. The molecular formula is C18H24N2O4. The van der Waals surface area contributed by atoms with Crippen LogP contribution in [-0.2, 0) is 19.1 Å². The Kier molecular flexibility index (Phi) is 6.35. The molecule has 1 aliphatic carbocycles. The number of amides is 2. The van der Waals surface area contributed by atoms with E-state index >= 15 is 0 Å². The summed E-state index contributed by atoms with van der Waals surface area (Å²) in [5, 5.41) is 5.34. The van der Waals surface area contributed by atoms with Crippen LogP contribution < -0.4 is 10.6 Å². The Bertz CT molecular complexity index is 592. The molecule has 0 bridgehead atoms. The number of nitrogens with one attached hydrogen (secondary N) is 2. The molecule has 6 nitrogen and oxygen atoms in total. The molecule has 2 amide bonds. The summed E-state index contributed by atoms with van der Waals surface area (Å²) in [6.07, 6.45) is 4.02. The summed E-state index contributed by atoms with van der Waals surface area (Å²) < 4.78 is 5.21. The minimum atomic E-state index is -0.839. The van der Waals surface area contributed by atoms with Gasteiger partial charge in [0.05, 0.1) is 0 Å². The predicted molar refractivity (Wildman–Crippen MR) is 91.5 cm³/mol. The molecule has 6 heteroatoms.